The second kappa shape index (κ2) is 10.0. The summed E-state index contributed by atoms with van der Waals surface area (Å²) < 4.78 is 7.27. The van der Waals surface area contributed by atoms with Gasteiger partial charge in [0.15, 0.2) is 17.4 Å². The molecule has 180 valence electrons. The predicted octanol–water partition coefficient (Wildman–Crippen LogP) is 4.97. The van der Waals surface area contributed by atoms with Crippen molar-refractivity contribution in [3.8, 4) is 5.75 Å². The van der Waals surface area contributed by atoms with E-state index in [-0.39, 0.29) is 29.7 Å². The molecule has 0 spiro atoms. The van der Waals surface area contributed by atoms with Crippen molar-refractivity contribution in [2.24, 2.45) is 5.92 Å². The van der Waals surface area contributed by atoms with Crippen LogP contribution in [0.1, 0.15) is 46.6 Å². The molecule has 0 saturated carbocycles. The third-order valence-corrected chi connectivity index (χ3v) is 6.28. The lowest BCUT2D eigenvalue weighted by Gasteiger charge is -2.18. The Balaban J connectivity index is 1.68. The molecule has 1 fully saturated rings. The van der Waals surface area contributed by atoms with Gasteiger partial charge < -0.3 is 19.5 Å². The van der Waals surface area contributed by atoms with E-state index in [0.29, 0.717) is 29.1 Å². The van der Waals surface area contributed by atoms with E-state index in [4.69, 9.17) is 16.3 Å². The van der Waals surface area contributed by atoms with Gasteiger partial charge in [-0.3, -0.25) is 9.59 Å². The maximum Gasteiger partial charge on any atom is 0.293 e. The number of ether oxygens (including phenoxy) is 1. The Bertz CT molecular complexity index is 1270. The lowest BCUT2D eigenvalue weighted by atomic mass is 10.1. The zero-order valence-corrected chi connectivity index (χ0v) is 20.7. The maximum absolute atomic E-state index is 13.0. The van der Waals surface area contributed by atoms with Crippen LogP contribution < -0.4 is 20.5 Å². The molecule has 1 aliphatic rings. The quantitative estimate of drug-likeness (QED) is 0.483. The summed E-state index contributed by atoms with van der Waals surface area (Å²) >= 11 is 6.39. The minimum Gasteiger partial charge on any atom is -0.480 e. The number of halogens is 1. The highest BCUT2D eigenvalue weighted by atomic mass is 35.5. The average Bonchev–Trinajstić information content (AvgIpc) is 3.25. The van der Waals surface area contributed by atoms with Gasteiger partial charge in [-0.1, -0.05) is 25.4 Å². The fourth-order valence-electron chi connectivity index (χ4n) is 4.13. The number of ketones is 1. The Morgan fingerprint density at radius 3 is 2.79 bits per heavy atom. The summed E-state index contributed by atoms with van der Waals surface area (Å²) in [5, 5.41) is 4.51. The van der Waals surface area contributed by atoms with Crippen LogP contribution in [0.25, 0.3) is 10.9 Å². The topological polar surface area (TPSA) is 89.3 Å². The van der Waals surface area contributed by atoms with E-state index < -0.39 is 0 Å². The van der Waals surface area contributed by atoms with Gasteiger partial charge in [0.05, 0.1) is 11.7 Å². The smallest absolute Gasteiger partial charge is 0.293 e. The van der Waals surface area contributed by atoms with E-state index in [1.807, 2.05) is 32.0 Å². The molecule has 3 aromatic rings. The number of nitrogens with zero attached hydrogens (tertiary/aromatic N) is 4. The zero-order chi connectivity index (χ0) is 24.4. The van der Waals surface area contributed by atoms with Gasteiger partial charge in [0.2, 0.25) is 5.95 Å². The second-order valence-corrected chi connectivity index (χ2v) is 9.47. The van der Waals surface area contributed by atoms with E-state index in [0.717, 1.165) is 36.1 Å². The van der Waals surface area contributed by atoms with Crippen LogP contribution in [0.2, 0.25) is 5.02 Å². The molecular weight excluding hydrogens is 454 g/mol. The maximum atomic E-state index is 13.0. The summed E-state index contributed by atoms with van der Waals surface area (Å²) in [5.74, 6) is 1.88. The Morgan fingerprint density at radius 2 is 2.12 bits per heavy atom. The molecule has 3 heterocycles. The first-order valence-electron chi connectivity index (χ1n) is 11.6. The molecule has 0 unspecified atom stereocenters. The molecule has 1 aliphatic heterocycles. The summed E-state index contributed by atoms with van der Waals surface area (Å²) in [7, 11) is 0. The summed E-state index contributed by atoms with van der Waals surface area (Å²) in [6, 6.07) is 7.29. The van der Waals surface area contributed by atoms with Crippen LogP contribution in [0.3, 0.4) is 0 Å². The minimum absolute atomic E-state index is 0.0624. The van der Waals surface area contributed by atoms with Crippen molar-refractivity contribution in [3.63, 3.8) is 0 Å². The summed E-state index contributed by atoms with van der Waals surface area (Å²) in [6.45, 7) is 9.59. The molecule has 0 aliphatic carbocycles. The van der Waals surface area contributed by atoms with Gasteiger partial charge in [0.1, 0.15) is 11.6 Å². The lowest BCUT2D eigenvalue weighted by molar-refractivity contribution is -0.120. The molecule has 2 aromatic heterocycles. The first kappa shape index (κ1) is 24.0. The number of hydrogen-bond acceptors (Lipinski definition) is 7. The Kier molecular flexibility index (Phi) is 7.07. The molecule has 1 aromatic carbocycles. The molecule has 8 nitrogen and oxygen atoms in total. The third-order valence-electron chi connectivity index (χ3n) is 6.00. The standard InChI is InChI=1S/C25H30ClN5O3/c1-5-19(32)14-34-22-11-17-10-18(6-7-21(17)31(15(2)3)24(22)33)28-23-20(26)12-27-25(29-23)30-9-8-16(4)13-30/h6-7,10-12,15-16H,5,8-9,13-14H2,1-4H3,(H,27,28,29)/t16-/m0/s1. The third kappa shape index (κ3) is 5.01. The number of aromatic nitrogens is 3. The summed E-state index contributed by atoms with van der Waals surface area (Å²) in [5.41, 5.74) is 1.29. The van der Waals surface area contributed by atoms with Crippen molar-refractivity contribution >= 4 is 45.7 Å². The number of benzene rings is 1. The fourth-order valence-corrected chi connectivity index (χ4v) is 4.26. The molecular formula is C25H30ClN5O3. The highest BCUT2D eigenvalue weighted by molar-refractivity contribution is 6.32. The van der Waals surface area contributed by atoms with Crippen molar-refractivity contribution in [2.75, 3.05) is 29.9 Å². The SMILES string of the molecule is CCC(=O)COc1cc2cc(Nc3nc(N4CC[C@H](C)C4)ncc3Cl)ccc2n(C(C)C)c1=O. The van der Waals surface area contributed by atoms with Gasteiger partial charge in [-0.25, -0.2) is 4.98 Å². The monoisotopic (exact) mass is 483 g/mol. The van der Waals surface area contributed by atoms with E-state index in [1.54, 1.807) is 23.8 Å². The second-order valence-electron chi connectivity index (χ2n) is 9.06. The van der Waals surface area contributed by atoms with Crippen LogP contribution in [0, 0.1) is 5.92 Å². The normalized spacial score (nSPS) is 15.8. The van der Waals surface area contributed by atoms with Crippen LogP contribution in [-0.4, -0.2) is 40.0 Å². The van der Waals surface area contributed by atoms with Crippen LogP contribution in [-0.2, 0) is 4.79 Å². The largest absolute Gasteiger partial charge is 0.480 e. The van der Waals surface area contributed by atoms with Crippen LogP contribution in [0.4, 0.5) is 17.5 Å². The molecule has 1 atom stereocenters. The number of fused-ring (bicyclic) bond motifs is 1. The van der Waals surface area contributed by atoms with Crippen molar-refractivity contribution in [3.05, 3.63) is 45.8 Å². The highest BCUT2D eigenvalue weighted by Crippen LogP contribution is 2.29. The van der Waals surface area contributed by atoms with E-state index >= 15 is 0 Å². The van der Waals surface area contributed by atoms with Crippen molar-refractivity contribution < 1.29 is 9.53 Å². The Labute approximate surface area is 203 Å². The van der Waals surface area contributed by atoms with Crippen molar-refractivity contribution in [1.29, 1.82) is 0 Å². The molecule has 1 N–H and O–H groups in total. The number of carbonyl (C=O) groups is 1. The highest BCUT2D eigenvalue weighted by Gasteiger charge is 2.22. The first-order valence-corrected chi connectivity index (χ1v) is 12.0. The number of carbonyl (C=O) groups excluding carboxylic acids is 1. The van der Waals surface area contributed by atoms with E-state index in [9.17, 15) is 9.59 Å². The lowest BCUT2D eigenvalue weighted by Crippen LogP contribution is -2.25. The van der Waals surface area contributed by atoms with E-state index in [1.165, 1.54) is 0 Å². The summed E-state index contributed by atoms with van der Waals surface area (Å²) in [4.78, 5) is 36.0. The van der Waals surface area contributed by atoms with Crippen LogP contribution >= 0.6 is 11.6 Å². The summed E-state index contributed by atoms with van der Waals surface area (Å²) in [6.07, 6.45) is 3.09. The zero-order valence-electron chi connectivity index (χ0n) is 20.0. The van der Waals surface area contributed by atoms with Crippen LogP contribution in [0.15, 0.2) is 35.3 Å². The molecule has 34 heavy (non-hydrogen) atoms. The number of Topliss-reactive ketones (excluding diaryl/α,β-unsaturated/α-hetero) is 1. The van der Waals surface area contributed by atoms with Gasteiger partial charge in [-0.2, -0.15) is 4.98 Å². The number of pyridine rings is 1. The molecule has 0 amide bonds. The van der Waals surface area contributed by atoms with Crippen molar-refractivity contribution in [1.82, 2.24) is 14.5 Å². The number of anilines is 3. The van der Waals surface area contributed by atoms with Gasteiger partial charge in [0, 0.05) is 36.6 Å². The molecule has 4 rings (SSSR count). The first-order chi connectivity index (χ1) is 16.3. The van der Waals surface area contributed by atoms with Gasteiger partial charge in [-0.15, -0.1) is 0 Å². The number of nitrogens with one attached hydrogen (secondary N) is 1. The van der Waals surface area contributed by atoms with Gasteiger partial charge in [-0.05, 0) is 50.5 Å². The predicted molar refractivity (Wildman–Crippen MR) is 136 cm³/mol. The minimum atomic E-state index is -0.254. The van der Waals surface area contributed by atoms with Crippen molar-refractivity contribution in [2.45, 2.75) is 46.6 Å². The molecule has 0 bridgehead atoms. The number of hydrogen-bond donors (Lipinski definition) is 1. The van der Waals surface area contributed by atoms with Gasteiger partial charge in [0.25, 0.3) is 5.56 Å². The molecule has 0 radical (unpaired) electrons. The van der Waals surface area contributed by atoms with Crippen LogP contribution in [0.5, 0.6) is 5.75 Å². The Morgan fingerprint density at radius 1 is 1.32 bits per heavy atom. The van der Waals surface area contributed by atoms with E-state index in [2.05, 4.69) is 27.1 Å². The number of rotatable bonds is 8. The fraction of sp³-hybridized carbons (Fsp3) is 0.440. The molecule has 1 saturated heterocycles. The molecule has 9 heteroatoms. The average molecular weight is 484 g/mol. The van der Waals surface area contributed by atoms with Gasteiger partial charge >= 0.3 is 0 Å². The Hall–Kier alpha value is -3.13.